The Kier molecular flexibility index (Phi) is 14.8. The number of rotatable bonds is 18. The van der Waals surface area contributed by atoms with Crippen LogP contribution in [0, 0.1) is 5.92 Å². The molecule has 0 saturated carbocycles. The predicted octanol–water partition coefficient (Wildman–Crippen LogP) is 3.62. The smallest absolute Gasteiger partial charge is 0.308 e. The van der Waals surface area contributed by atoms with Gasteiger partial charge in [0, 0.05) is 0 Å². The van der Waals surface area contributed by atoms with Crippen LogP contribution in [0.4, 0.5) is 0 Å². The molecule has 168 valence electrons. The quantitative estimate of drug-likeness (QED) is 0.186. The van der Waals surface area contributed by atoms with Crippen LogP contribution in [0.2, 0.25) is 0 Å². The van der Waals surface area contributed by atoms with Gasteiger partial charge in [-0.25, -0.2) is 0 Å². The molecule has 0 fully saturated rings. The summed E-state index contributed by atoms with van der Waals surface area (Å²) in [5, 5.41) is 0. The van der Waals surface area contributed by atoms with Gasteiger partial charge in [-0.3, -0.25) is 13.9 Å². The summed E-state index contributed by atoms with van der Waals surface area (Å²) in [5.74, 6) is -2.69. The fourth-order valence-electron chi connectivity index (χ4n) is 2.91. The first-order valence-electron chi connectivity index (χ1n) is 10.1. The molecule has 0 aliphatic heterocycles. The number of esters is 1. The summed E-state index contributed by atoms with van der Waals surface area (Å²) in [5.41, 5.74) is 0. The molecule has 8 nitrogen and oxygen atoms in total. The molecule has 0 aliphatic rings. The number of hydrogen-bond acceptors (Lipinski definition) is 6. The Bertz CT molecular complexity index is 613. The molecule has 0 aromatic rings. The second kappa shape index (κ2) is 15.2. The van der Waals surface area contributed by atoms with Crippen LogP contribution in [-0.4, -0.2) is 50.0 Å². The first kappa shape index (κ1) is 27.3. The highest BCUT2D eigenvalue weighted by molar-refractivity contribution is 7.86. The van der Waals surface area contributed by atoms with Crippen molar-refractivity contribution >= 4 is 26.2 Å². The zero-order chi connectivity index (χ0) is 21.5. The lowest BCUT2D eigenvalue weighted by Crippen LogP contribution is -2.23. The van der Waals surface area contributed by atoms with Gasteiger partial charge in [0.25, 0.3) is 20.2 Å². The van der Waals surface area contributed by atoms with Gasteiger partial charge < -0.3 is 4.74 Å². The maximum Gasteiger partial charge on any atom is 0.308 e. The summed E-state index contributed by atoms with van der Waals surface area (Å²) < 4.78 is 65.6. The van der Waals surface area contributed by atoms with Crippen LogP contribution < -0.4 is 0 Å². The summed E-state index contributed by atoms with van der Waals surface area (Å²) in [6, 6.07) is 0. The molecule has 0 bridgehead atoms. The largest absolute Gasteiger partial charge is 0.464 e. The number of ether oxygens (including phenoxy) is 1. The summed E-state index contributed by atoms with van der Waals surface area (Å²) in [7, 11) is -8.42. The summed E-state index contributed by atoms with van der Waals surface area (Å²) in [6.07, 6.45) is 11.6. The van der Waals surface area contributed by atoms with Crippen molar-refractivity contribution in [2.24, 2.45) is 5.92 Å². The van der Waals surface area contributed by atoms with E-state index < -0.39 is 50.2 Å². The molecule has 1 atom stereocenters. The molecule has 0 radical (unpaired) electrons. The van der Waals surface area contributed by atoms with E-state index in [1.54, 1.807) is 0 Å². The van der Waals surface area contributed by atoms with E-state index in [0.29, 0.717) is 6.42 Å². The lowest BCUT2D eigenvalue weighted by Gasteiger charge is -2.15. The van der Waals surface area contributed by atoms with Crippen molar-refractivity contribution in [1.82, 2.24) is 0 Å². The normalized spacial score (nSPS) is 13.4. The van der Waals surface area contributed by atoms with Gasteiger partial charge in [-0.15, -0.1) is 0 Å². The number of unbranched alkanes of at least 4 members (excludes halogenated alkanes) is 9. The second-order valence-corrected chi connectivity index (χ2v) is 10.3. The van der Waals surface area contributed by atoms with Gasteiger partial charge in [0.15, 0.2) is 0 Å². The van der Waals surface area contributed by atoms with E-state index in [1.165, 1.54) is 38.5 Å². The van der Waals surface area contributed by atoms with Crippen LogP contribution >= 0.6 is 0 Å². The molecule has 0 rings (SSSR count). The van der Waals surface area contributed by atoms with Crippen LogP contribution in [0.15, 0.2) is 0 Å². The Morgan fingerprint density at radius 2 is 1.21 bits per heavy atom. The van der Waals surface area contributed by atoms with Gasteiger partial charge in [-0.1, -0.05) is 71.1 Å². The van der Waals surface area contributed by atoms with Gasteiger partial charge in [0.1, 0.15) is 12.4 Å². The van der Waals surface area contributed by atoms with Crippen molar-refractivity contribution in [3.8, 4) is 0 Å². The van der Waals surface area contributed by atoms with Gasteiger partial charge in [-0.2, -0.15) is 16.8 Å². The van der Waals surface area contributed by atoms with E-state index in [0.717, 1.165) is 25.7 Å². The van der Waals surface area contributed by atoms with Crippen molar-refractivity contribution in [3.63, 3.8) is 0 Å². The minimum absolute atomic E-state index is 0.0824. The molecule has 10 heteroatoms. The molecule has 1 unspecified atom stereocenters. The maximum absolute atomic E-state index is 12.1. The second-order valence-electron chi connectivity index (χ2n) is 7.20. The SMILES string of the molecule is CCCCCCCCCCCCC(CCS(=O)(=O)O)C(=O)OCCS(=O)(=O)O. The third-order valence-corrected chi connectivity index (χ3v) is 5.98. The van der Waals surface area contributed by atoms with Crippen molar-refractivity contribution in [3.05, 3.63) is 0 Å². The molecular formula is C18H36O8S2. The predicted molar refractivity (Wildman–Crippen MR) is 108 cm³/mol. The number of carbonyl (C=O) groups excluding carboxylic acids is 1. The van der Waals surface area contributed by atoms with Crippen LogP contribution in [0.5, 0.6) is 0 Å². The molecular weight excluding hydrogens is 408 g/mol. The number of hydrogen-bond donors (Lipinski definition) is 2. The minimum atomic E-state index is -4.23. The van der Waals surface area contributed by atoms with Crippen molar-refractivity contribution in [1.29, 1.82) is 0 Å². The van der Waals surface area contributed by atoms with Gasteiger partial charge in [-0.05, 0) is 12.8 Å². The van der Waals surface area contributed by atoms with Crippen molar-refractivity contribution in [2.75, 3.05) is 18.1 Å². The molecule has 0 spiro atoms. The Hall–Kier alpha value is -0.710. The maximum atomic E-state index is 12.1. The molecule has 0 aromatic carbocycles. The van der Waals surface area contributed by atoms with Gasteiger partial charge in [0.2, 0.25) is 0 Å². The summed E-state index contributed by atoms with van der Waals surface area (Å²) >= 11 is 0. The Balaban J connectivity index is 4.15. The fourth-order valence-corrected chi connectivity index (χ4v) is 3.79. The number of carbonyl (C=O) groups is 1. The molecule has 0 heterocycles. The summed E-state index contributed by atoms with van der Waals surface area (Å²) in [4.78, 5) is 12.1. The highest BCUT2D eigenvalue weighted by atomic mass is 32.2. The van der Waals surface area contributed by atoms with Gasteiger partial charge >= 0.3 is 5.97 Å². The Morgan fingerprint density at radius 3 is 1.68 bits per heavy atom. The van der Waals surface area contributed by atoms with Gasteiger partial charge in [0.05, 0.1) is 11.7 Å². The van der Waals surface area contributed by atoms with E-state index in [2.05, 4.69) is 6.92 Å². The minimum Gasteiger partial charge on any atom is -0.464 e. The summed E-state index contributed by atoms with van der Waals surface area (Å²) in [6.45, 7) is 1.70. The highest BCUT2D eigenvalue weighted by Gasteiger charge is 2.22. The van der Waals surface area contributed by atoms with Crippen LogP contribution in [-0.2, 0) is 29.8 Å². The van der Waals surface area contributed by atoms with Crippen molar-refractivity contribution < 1.29 is 35.5 Å². The third-order valence-electron chi connectivity index (χ3n) is 4.55. The van der Waals surface area contributed by atoms with Crippen molar-refractivity contribution in [2.45, 2.75) is 84.0 Å². The fraction of sp³-hybridized carbons (Fsp3) is 0.944. The van der Waals surface area contributed by atoms with E-state index in [1.807, 2.05) is 0 Å². The monoisotopic (exact) mass is 444 g/mol. The van der Waals surface area contributed by atoms with E-state index in [-0.39, 0.29) is 6.42 Å². The van der Waals surface area contributed by atoms with E-state index >= 15 is 0 Å². The Morgan fingerprint density at radius 1 is 0.750 bits per heavy atom. The lowest BCUT2D eigenvalue weighted by atomic mass is 9.97. The first-order chi connectivity index (χ1) is 13.0. The van der Waals surface area contributed by atoms with E-state index in [4.69, 9.17) is 13.8 Å². The zero-order valence-electron chi connectivity index (χ0n) is 16.8. The van der Waals surface area contributed by atoms with E-state index in [9.17, 15) is 21.6 Å². The average Bonchev–Trinajstić information content (AvgIpc) is 2.57. The average molecular weight is 445 g/mol. The zero-order valence-corrected chi connectivity index (χ0v) is 18.5. The first-order valence-corrected chi connectivity index (χ1v) is 13.3. The molecule has 0 saturated heterocycles. The third kappa shape index (κ3) is 18.6. The molecule has 0 aromatic heterocycles. The standard InChI is InChI=1S/C18H36O8S2/c1-2-3-4-5-6-7-8-9-10-11-12-17(13-15-27(20,21)22)18(19)26-14-16-28(23,24)25/h17H,2-16H2,1H3,(H,20,21,22)(H,23,24,25). The lowest BCUT2D eigenvalue weighted by molar-refractivity contribution is -0.148. The molecule has 28 heavy (non-hydrogen) atoms. The highest BCUT2D eigenvalue weighted by Crippen LogP contribution is 2.18. The Labute approximate surface area is 169 Å². The van der Waals surface area contributed by atoms with Crippen LogP contribution in [0.1, 0.15) is 84.0 Å². The molecule has 0 amide bonds. The topological polar surface area (TPSA) is 135 Å². The molecule has 2 N–H and O–H groups in total. The molecule has 0 aliphatic carbocycles. The van der Waals surface area contributed by atoms with Crippen LogP contribution in [0.3, 0.4) is 0 Å². The van der Waals surface area contributed by atoms with Crippen LogP contribution in [0.25, 0.3) is 0 Å².